The van der Waals surface area contributed by atoms with Crippen molar-refractivity contribution in [2.45, 2.75) is 6.42 Å². The number of aromatic nitrogens is 1. The number of aryl methyl sites for hydroxylation is 1. The van der Waals surface area contributed by atoms with Crippen LogP contribution in [0.3, 0.4) is 0 Å². The highest BCUT2D eigenvalue weighted by atomic mass is 16.5. The van der Waals surface area contributed by atoms with Crippen molar-refractivity contribution in [1.29, 1.82) is 0 Å². The monoisotopic (exact) mass is 204 g/mol. The topological polar surface area (TPSA) is 61.2 Å². The van der Waals surface area contributed by atoms with E-state index in [1.807, 2.05) is 24.3 Å². The Bertz CT molecular complexity index is 525. The number of hydrogen-bond acceptors (Lipinski definition) is 3. The molecule has 1 aromatic heterocycles. The van der Waals surface area contributed by atoms with Gasteiger partial charge < -0.3 is 10.3 Å². The summed E-state index contributed by atoms with van der Waals surface area (Å²) in [6.07, 6.45) is 0.646. The Labute approximate surface area is 86.9 Å². The van der Waals surface area contributed by atoms with Crippen LogP contribution >= 0.6 is 0 Å². The summed E-state index contributed by atoms with van der Waals surface area (Å²) in [5.74, 6) is 0. The van der Waals surface area contributed by atoms with E-state index in [4.69, 9.17) is 10.3 Å². The zero-order chi connectivity index (χ0) is 10.8. The van der Waals surface area contributed by atoms with Crippen LogP contribution in [0.5, 0.6) is 0 Å². The van der Waals surface area contributed by atoms with Gasteiger partial charge in [-0.15, -0.1) is 0 Å². The number of hydrogen-bond donors (Lipinski definition) is 1. The van der Waals surface area contributed by atoms with Gasteiger partial charge >= 0.3 is 5.63 Å². The van der Waals surface area contributed by atoms with Crippen LogP contribution in [0, 0.1) is 0 Å². The summed E-state index contributed by atoms with van der Waals surface area (Å²) in [5.41, 5.74) is 7.96. The van der Waals surface area contributed by atoms with Crippen molar-refractivity contribution in [2.75, 3.05) is 5.73 Å². The zero-order valence-corrected chi connectivity index (χ0v) is 8.43. The molecule has 4 nitrogen and oxygen atoms in total. The minimum atomic E-state index is -0.323. The van der Waals surface area contributed by atoms with Gasteiger partial charge in [0.1, 0.15) is 0 Å². The normalized spacial score (nSPS) is 10.5. The Balaban J connectivity index is 2.29. The van der Waals surface area contributed by atoms with Gasteiger partial charge in [0.15, 0.2) is 0 Å². The highest BCUT2D eigenvalue weighted by molar-refractivity contribution is 5.41. The molecule has 0 spiro atoms. The van der Waals surface area contributed by atoms with Crippen molar-refractivity contribution >= 4 is 5.69 Å². The first kappa shape index (κ1) is 9.58. The third-order valence-electron chi connectivity index (χ3n) is 2.25. The molecule has 2 rings (SSSR count). The molecule has 2 N–H and O–H groups in total. The maximum absolute atomic E-state index is 11.0. The van der Waals surface area contributed by atoms with Crippen molar-refractivity contribution in [3.05, 3.63) is 52.0 Å². The first-order valence-electron chi connectivity index (χ1n) is 4.66. The molecule has 0 aliphatic carbocycles. The summed E-state index contributed by atoms with van der Waals surface area (Å²) in [7, 11) is 1.71. The van der Waals surface area contributed by atoms with Crippen LogP contribution in [0.4, 0.5) is 5.69 Å². The van der Waals surface area contributed by atoms with Crippen molar-refractivity contribution in [3.8, 4) is 0 Å². The number of rotatable bonds is 2. The van der Waals surface area contributed by atoms with Crippen LogP contribution in [0.15, 0.2) is 39.6 Å². The molecule has 1 heterocycles. The fraction of sp³-hybridized carbons (Fsp3) is 0.182. The van der Waals surface area contributed by atoms with Crippen molar-refractivity contribution in [1.82, 2.24) is 4.74 Å². The Morgan fingerprint density at radius 2 is 2.20 bits per heavy atom. The van der Waals surface area contributed by atoms with E-state index in [0.29, 0.717) is 6.42 Å². The van der Waals surface area contributed by atoms with Gasteiger partial charge in [0.2, 0.25) is 0 Å². The third-order valence-corrected chi connectivity index (χ3v) is 2.25. The molecule has 0 fully saturated rings. The molecule has 78 valence electrons. The second kappa shape index (κ2) is 3.65. The molecule has 2 aromatic rings. The van der Waals surface area contributed by atoms with E-state index in [1.54, 1.807) is 7.05 Å². The fourth-order valence-corrected chi connectivity index (χ4v) is 1.52. The van der Waals surface area contributed by atoms with Gasteiger partial charge in [-0.1, -0.05) is 12.1 Å². The number of nitrogens with two attached hydrogens (primary N) is 1. The molecule has 0 aliphatic rings. The van der Waals surface area contributed by atoms with E-state index >= 15 is 0 Å². The number of nitrogens with zero attached hydrogens (tertiary/aromatic N) is 1. The maximum atomic E-state index is 11.0. The Morgan fingerprint density at radius 1 is 1.40 bits per heavy atom. The van der Waals surface area contributed by atoms with Crippen LogP contribution in [0.2, 0.25) is 0 Å². The van der Waals surface area contributed by atoms with Gasteiger partial charge in [0.05, 0.1) is 5.69 Å². The summed E-state index contributed by atoms with van der Waals surface area (Å²) in [5, 5.41) is 0. The molecule has 15 heavy (non-hydrogen) atoms. The molecular formula is C11H12N2O2. The lowest BCUT2D eigenvalue weighted by Gasteiger charge is -2.02. The first-order chi connectivity index (χ1) is 7.15. The minimum absolute atomic E-state index is 0.323. The third kappa shape index (κ3) is 2.10. The predicted molar refractivity (Wildman–Crippen MR) is 57.6 cm³/mol. The highest BCUT2D eigenvalue weighted by Crippen LogP contribution is 2.11. The Kier molecular flexibility index (Phi) is 2.33. The van der Waals surface area contributed by atoms with Crippen LogP contribution < -0.4 is 11.4 Å². The standard InChI is InChI=1S/C11H12N2O2/c1-13-10(7-11(14)15-13)6-8-3-2-4-9(12)5-8/h2-5,7H,6,12H2,1H3. The van der Waals surface area contributed by atoms with Gasteiger partial charge in [0.25, 0.3) is 0 Å². The van der Waals surface area contributed by atoms with Crippen molar-refractivity contribution in [2.24, 2.45) is 7.05 Å². The Hall–Kier alpha value is -1.97. The molecular weight excluding hydrogens is 192 g/mol. The van der Waals surface area contributed by atoms with Crippen molar-refractivity contribution < 1.29 is 4.52 Å². The molecule has 1 aromatic carbocycles. The van der Waals surface area contributed by atoms with Gasteiger partial charge in [-0.3, -0.25) is 0 Å². The van der Waals surface area contributed by atoms with Gasteiger partial charge in [-0.25, -0.2) is 9.53 Å². The van der Waals surface area contributed by atoms with Crippen LogP contribution in [0.25, 0.3) is 0 Å². The van der Waals surface area contributed by atoms with E-state index < -0.39 is 0 Å². The lowest BCUT2D eigenvalue weighted by atomic mass is 10.1. The summed E-state index contributed by atoms with van der Waals surface area (Å²) in [4.78, 5) is 11.0. The van der Waals surface area contributed by atoms with Gasteiger partial charge in [0, 0.05) is 25.2 Å². The van der Waals surface area contributed by atoms with E-state index in [9.17, 15) is 4.79 Å². The van der Waals surface area contributed by atoms with Crippen molar-refractivity contribution in [3.63, 3.8) is 0 Å². The molecule has 0 radical (unpaired) electrons. The van der Waals surface area contributed by atoms with Crippen LogP contribution in [-0.2, 0) is 13.5 Å². The predicted octanol–water partition coefficient (Wildman–Crippen LogP) is 1.15. The molecule has 0 saturated carbocycles. The largest absolute Gasteiger partial charge is 0.399 e. The molecule has 0 bridgehead atoms. The molecule has 4 heteroatoms. The molecule has 0 unspecified atom stereocenters. The summed E-state index contributed by atoms with van der Waals surface area (Å²) >= 11 is 0. The average Bonchev–Trinajstić information content (AvgIpc) is 2.45. The zero-order valence-electron chi connectivity index (χ0n) is 8.43. The molecule has 0 amide bonds. The number of nitrogen functional groups attached to an aromatic ring is 1. The number of benzene rings is 1. The maximum Gasteiger partial charge on any atom is 0.357 e. The lowest BCUT2D eigenvalue weighted by Crippen LogP contribution is -1.96. The van der Waals surface area contributed by atoms with Crippen LogP contribution in [-0.4, -0.2) is 4.74 Å². The van der Waals surface area contributed by atoms with Gasteiger partial charge in [-0.2, -0.15) is 0 Å². The first-order valence-corrected chi connectivity index (χ1v) is 4.66. The smallest absolute Gasteiger partial charge is 0.357 e. The minimum Gasteiger partial charge on any atom is -0.399 e. The van der Waals surface area contributed by atoms with E-state index in [1.165, 1.54) is 10.8 Å². The Morgan fingerprint density at radius 3 is 2.80 bits per heavy atom. The summed E-state index contributed by atoms with van der Waals surface area (Å²) in [6, 6.07) is 9.06. The summed E-state index contributed by atoms with van der Waals surface area (Å²) in [6.45, 7) is 0. The SMILES string of the molecule is Cn1oc(=O)cc1Cc1cccc(N)c1. The van der Waals surface area contributed by atoms with Gasteiger partial charge in [-0.05, 0) is 17.7 Å². The van der Waals surface area contributed by atoms with Crippen LogP contribution in [0.1, 0.15) is 11.3 Å². The molecule has 0 aliphatic heterocycles. The molecule has 0 atom stereocenters. The second-order valence-corrected chi connectivity index (χ2v) is 3.47. The average molecular weight is 204 g/mol. The quantitative estimate of drug-likeness (QED) is 0.746. The molecule has 0 saturated heterocycles. The van der Waals surface area contributed by atoms with E-state index in [-0.39, 0.29) is 5.63 Å². The number of anilines is 1. The summed E-state index contributed by atoms with van der Waals surface area (Å²) < 4.78 is 6.32. The lowest BCUT2D eigenvalue weighted by molar-refractivity contribution is 0.278. The van der Waals surface area contributed by atoms with E-state index in [2.05, 4.69) is 0 Å². The second-order valence-electron chi connectivity index (χ2n) is 3.47. The highest BCUT2D eigenvalue weighted by Gasteiger charge is 2.04. The van der Waals surface area contributed by atoms with E-state index in [0.717, 1.165) is 16.9 Å². The fourth-order valence-electron chi connectivity index (χ4n) is 1.52.